The summed E-state index contributed by atoms with van der Waals surface area (Å²) in [6, 6.07) is 0. The maximum atomic E-state index is 10.3. The van der Waals surface area contributed by atoms with Crippen molar-refractivity contribution in [2.75, 3.05) is 12.8 Å². The topological polar surface area (TPSA) is 29.4 Å². The smallest absolute Gasteiger partial charge is 0.0481 e. The van der Waals surface area contributed by atoms with E-state index in [9.17, 15) is 4.21 Å². The van der Waals surface area contributed by atoms with Crippen LogP contribution in [0.1, 0.15) is 19.8 Å². The first-order chi connectivity index (χ1) is 3.77. The molecular weight excluding hydrogens is 122 g/mol. The third kappa shape index (κ3) is 5.95. The molecule has 0 bridgehead atoms. The van der Waals surface area contributed by atoms with Crippen LogP contribution >= 0.6 is 0 Å². The van der Waals surface area contributed by atoms with Gasteiger partial charge in [-0.1, -0.05) is 13.3 Å². The molecular formula is C5H13NOS. The Balaban J connectivity index is 3.17. The molecule has 0 aliphatic carbocycles. The van der Waals surface area contributed by atoms with Gasteiger partial charge in [0.25, 0.3) is 0 Å². The first-order valence-corrected chi connectivity index (χ1v) is 4.51. The van der Waals surface area contributed by atoms with Crippen molar-refractivity contribution in [2.45, 2.75) is 19.8 Å². The van der Waals surface area contributed by atoms with Crippen molar-refractivity contribution >= 4 is 10.6 Å². The SMILES string of the molecule is CCCC/N=[SH](/C)=O. The normalized spacial score (nSPS) is 14.2. The van der Waals surface area contributed by atoms with E-state index >= 15 is 0 Å². The van der Waals surface area contributed by atoms with E-state index < -0.39 is 10.6 Å². The summed E-state index contributed by atoms with van der Waals surface area (Å²) in [4.78, 5) is 0. The Hall–Kier alpha value is -0.0500. The molecule has 0 saturated heterocycles. The summed E-state index contributed by atoms with van der Waals surface area (Å²) in [5, 5.41) is 0. The lowest BCUT2D eigenvalue weighted by atomic mass is 10.3. The minimum Gasteiger partial charge on any atom is -0.253 e. The number of hydrogen-bond donors (Lipinski definition) is 1. The fraction of sp³-hybridized carbons (Fsp3) is 1.00. The van der Waals surface area contributed by atoms with Gasteiger partial charge in [0.15, 0.2) is 0 Å². The maximum absolute atomic E-state index is 10.3. The van der Waals surface area contributed by atoms with E-state index in [4.69, 9.17) is 0 Å². The summed E-state index contributed by atoms with van der Waals surface area (Å²) in [6.07, 6.45) is 3.83. The van der Waals surface area contributed by atoms with Crippen LogP contribution in [-0.2, 0) is 10.6 Å². The lowest BCUT2D eigenvalue weighted by molar-refractivity contribution is 0.688. The van der Waals surface area contributed by atoms with Gasteiger partial charge in [-0.3, -0.25) is 4.21 Å². The van der Waals surface area contributed by atoms with Gasteiger partial charge in [-0.15, -0.1) is 0 Å². The van der Waals surface area contributed by atoms with Gasteiger partial charge in [-0.2, -0.15) is 0 Å². The molecule has 0 radical (unpaired) electrons. The highest BCUT2D eigenvalue weighted by molar-refractivity contribution is 7.74. The Morgan fingerprint density at radius 1 is 1.62 bits per heavy atom. The minimum absolute atomic E-state index is 0.766. The third-order valence-electron chi connectivity index (χ3n) is 0.811. The van der Waals surface area contributed by atoms with Crippen molar-refractivity contribution < 1.29 is 4.21 Å². The molecule has 0 aliphatic heterocycles. The van der Waals surface area contributed by atoms with Gasteiger partial charge in [0, 0.05) is 23.4 Å². The molecule has 0 aromatic rings. The Morgan fingerprint density at radius 3 is 2.62 bits per heavy atom. The number of hydrogen-bond acceptors (Lipinski definition) is 2. The summed E-state index contributed by atoms with van der Waals surface area (Å²) < 4.78 is 14.1. The van der Waals surface area contributed by atoms with Gasteiger partial charge in [0.2, 0.25) is 0 Å². The molecule has 1 atom stereocenters. The molecule has 0 saturated carbocycles. The lowest BCUT2D eigenvalue weighted by Gasteiger charge is -1.84. The van der Waals surface area contributed by atoms with E-state index in [2.05, 4.69) is 11.3 Å². The summed E-state index contributed by atoms with van der Waals surface area (Å²) in [7, 11) is -1.24. The molecule has 0 heterocycles. The zero-order valence-electron chi connectivity index (χ0n) is 5.42. The second-order valence-electron chi connectivity index (χ2n) is 1.68. The molecule has 1 unspecified atom stereocenters. The van der Waals surface area contributed by atoms with E-state index in [0.29, 0.717) is 0 Å². The van der Waals surface area contributed by atoms with Crippen molar-refractivity contribution in [1.29, 1.82) is 0 Å². The van der Waals surface area contributed by atoms with E-state index in [1.807, 2.05) is 0 Å². The van der Waals surface area contributed by atoms with Crippen LogP contribution in [0.25, 0.3) is 0 Å². The molecule has 0 aliphatic rings. The van der Waals surface area contributed by atoms with Crippen LogP contribution in [0.15, 0.2) is 4.36 Å². The molecule has 0 aromatic heterocycles. The van der Waals surface area contributed by atoms with E-state index in [1.54, 1.807) is 6.26 Å². The Labute approximate surface area is 52.5 Å². The highest BCUT2D eigenvalue weighted by Crippen LogP contribution is 1.85. The van der Waals surface area contributed by atoms with Crippen LogP contribution in [0.4, 0.5) is 0 Å². The largest absolute Gasteiger partial charge is 0.253 e. The zero-order chi connectivity index (χ0) is 6.41. The lowest BCUT2D eigenvalue weighted by Crippen LogP contribution is -1.78. The van der Waals surface area contributed by atoms with Crippen molar-refractivity contribution in [1.82, 2.24) is 0 Å². The molecule has 0 N–H and O–H groups in total. The number of rotatable bonds is 3. The standard InChI is InChI=1S/C5H13NOS/c1-3-4-5-6-8(2)7/h8H,3-5H2,1-2H3. The van der Waals surface area contributed by atoms with E-state index in [1.165, 1.54) is 0 Å². The summed E-state index contributed by atoms with van der Waals surface area (Å²) >= 11 is 0. The minimum atomic E-state index is -1.24. The second-order valence-corrected chi connectivity index (χ2v) is 2.89. The fourth-order valence-electron chi connectivity index (χ4n) is 0.370. The monoisotopic (exact) mass is 135 g/mol. The van der Waals surface area contributed by atoms with Crippen LogP contribution in [0.5, 0.6) is 0 Å². The van der Waals surface area contributed by atoms with Crippen LogP contribution in [0.3, 0.4) is 0 Å². The van der Waals surface area contributed by atoms with Gasteiger partial charge < -0.3 is 0 Å². The van der Waals surface area contributed by atoms with Crippen LogP contribution in [0.2, 0.25) is 0 Å². The highest BCUT2D eigenvalue weighted by atomic mass is 32.2. The summed E-state index contributed by atoms with van der Waals surface area (Å²) in [5.41, 5.74) is 0. The average Bonchev–Trinajstić information content (AvgIpc) is 1.66. The third-order valence-corrected chi connectivity index (χ3v) is 1.41. The Bertz CT molecular complexity index is 116. The zero-order valence-corrected chi connectivity index (χ0v) is 6.32. The number of unbranched alkanes of at least 4 members (excludes halogenated alkanes) is 1. The summed E-state index contributed by atoms with van der Waals surface area (Å²) in [6.45, 7) is 2.86. The number of thiol groups is 1. The summed E-state index contributed by atoms with van der Waals surface area (Å²) in [5.74, 6) is 0. The molecule has 0 amide bonds. The van der Waals surface area contributed by atoms with Crippen LogP contribution in [-0.4, -0.2) is 17.0 Å². The van der Waals surface area contributed by atoms with Crippen molar-refractivity contribution in [3.05, 3.63) is 0 Å². The predicted octanol–water partition coefficient (Wildman–Crippen LogP) is 1.08. The van der Waals surface area contributed by atoms with Gasteiger partial charge in [0.05, 0.1) is 0 Å². The average molecular weight is 135 g/mol. The predicted molar refractivity (Wildman–Crippen MR) is 37.7 cm³/mol. The molecule has 8 heavy (non-hydrogen) atoms. The van der Waals surface area contributed by atoms with Gasteiger partial charge in [-0.25, -0.2) is 4.36 Å². The fourth-order valence-corrected chi connectivity index (χ4v) is 0.793. The Morgan fingerprint density at radius 2 is 2.25 bits per heavy atom. The Kier molecular flexibility index (Phi) is 5.06. The molecule has 0 aromatic carbocycles. The first kappa shape index (κ1) is 7.95. The van der Waals surface area contributed by atoms with Crippen LogP contribution in [0, 0.1) is 0 Å². The molecule has 50 valence electrons. The molecule has 0 rings (SSSR count). The van der Waals surface area contributed by atoms with Gasteiger partial charge in [0.1, 0.15) is 0 Å². The van der Waals surface area contributed by atoms with Crippen molar-refractivity contribution in [3.8, 4) is 0 Å². The second kappa shape index (κ2) is 5.09. The quantitative estimate of drug-likeness (QED) is 0.455. The highest BCUT2D eigenvalue weighted by Gasteiger charge is 1.76. The molecule has 0 fully saturated rings. The molecule has 0 spiro atoms. The van der Waals surface area contributed by atoms with E-state index in [0.717, 1.165) is 19.4 Å². The molecule has 3 heteroatoms. The van der Waals surface area contributed by atoms with Crippen LogP contribution < -0.4 is 0 Å². The van der Waals surface area contributed by atoms with E-state index in [-0.39, 0.29) is 0 Å². The first-order valence-electron chi connectivity index (χ1n) is 2.85. The maximum Gasteiger partial charge on any atom is 0.0481 e. The van der Waals surface area contributed by atoms with Gasteiger partial charge >= 0.3 is 0 Å². The van der Waals surface area contributed by atoms with Gasteiger partial charge in [-0.05, 0) is 6.42 Å². The van der Waals surface area contributed by atoms with Crippen molar-refractivity contribution in [3.63, 3.8) is 0 Å². The van der Waals surface area contributed by atoms with Crippen molar-refractivity contribution in [2.24, 2.45) is 4.36 Å². The molecule has 2 nitrogen and oxygen atoms in total. The number of nitrogens with zero attached hydrogens (tertiary/aromatic N) is 1.